The fourth-order valence-electron chi connectivity index (χ4n) is 2.18. The SMILES string of the molecule is CC(C)(Oc1ccc(Br)cc1)C(=O)Nc1nc(-c2ccc(Br)cc2)cs1. The van der Waals surface area contributed by atoms with Gasteiger partial charge in [-0.15, -0.1) is 11.3 Å². The summed E-state index contributed by atoms with van der Waals surface area (Å²) in [5.74, 6) is 0.375. The highest BCUT2D eigenvalue weighted by atomic mass is 79.9. The second kappa shape index (κ2) is 7.90. The van der Waals surface area contributed by atoms with Gasteiger partial charge in [0.1, 0.15) is 5.75 Å². The Morgan fingerprint density at radius 2 is 1.62 bits per heavy atom. The lowest BCUT2D eigenvalue weighted by atomic mass is 10.1. The standard InChI is InChI=1S/C19H16Br2N2O2S/c1-19(2,25-15-9-7-14(21)8-10-15)17(24)23-18-22-16(11-26-18)12-3-5-13(20)6-4-12/h3-11H,1-2H3,(H,22,23,24). The van der Waals surface area contributed by atoms with E-state index in [1.165, 1.54) is 11.3 Å². The molecule has 0 spiro atoms. The van der Waals surface area contributed by atoms with Crippen molar-refractivity contribution in [2.75, 3.05) is 5.32 Å². The van der Waals surface area contributed by atoms with Crippen LogP contribution < -0.4 is 10.1 Å². The first-order valence-electron chi connectivity index (χ1n) is 7.81. The largest absolute Gasteiger partial charge is 0.478 e. The highest BCUT2D eigenvalue weighted by molar-refractivity contribution is 9.10. The third-order valence-electron chi connectivity index (χ3n) is 3.60. The number of thiazole rings is 1. The second-order valence-electron chi connectivity index (χ2n) is 6.07. The van der Waals surface area contributed by atoms with Gasteiger partial charge in [0.2, 0.25) is 0 Å². The van der Waals surface area contributed by atoms with Crippen molar-refractivity contribution in [3.63, 3.8) is 0 Å². The average Bonchev–Trinajstić information content (AvgIpc) is 3.06. The zero-order valence-corrected chi connectivity index (χ0v) is 18.1. The van der Waals surface area contributed by atoms with Crippen LogP contribution in [-0.2, 0) is 4.79 Å². The molecule has 3 rings (SSSR count). The summed E-state index contributed by atoms with van der Waals surface area (Å²) in [6.07, 6.45) is 0. The molecule has 7 heteroatoms. The van der Waals surface area contributed by atoms with Gasteiger partial charge in [-0.3, -0.25) is 10.1 Å². The van der Waals surface area contributed by atoms with Crippen LogP contribution in [0.3, 0.4) is 0 Å². The monoisotopic (exact) mass is 494 g/mol. The molecule has 0 unspecified atom stereocenters. The number of amides is 1. The fourth-order valence-corrected chi connectivity index (χ4v) is 3.42. The number of carbonyl (C=O) groups is 1. The zero-order chi connectivity index (χ0) is 18.7. The van der Waals surface area contributed by atoms with Crippen molar-refractivity contribution in [3.05, 3.63) is 62.9 Å². The molecule has 0 saturated heterocycles. The predicted molar refractivity (Wildman–Crippen MR) is 113 cm³/mol. The molecule has 1 aromatic heterocycles. The van der Waals surface area contributed by atoms with E-state index in [-0.39, 0.29) is 5.91 Å². The fraction of sp³-hybridized carbons (Fsp3) is 0.158. The van der Waals surface area contributed by atoms with Crippen molar-refractivity contribution in [1.29, 1.82) is 0 Å². The Labute approximate surface area is 172 Å². The molecule has 0 atom stereocenters. The summed E-state index contributed by atoms with van der Waals surface area (Å²) in [6.45, 7) is 3.46. The summed E-state index contributed by atoms with van der Waals surface area (Å²) in [4.78, 5) is 17.1. The first-order chi connectivity index (χ1) is 12.3. The first-order valence-corrected chi connectivity index (χ1v) is 10.3. The number of aromatic nitrogens is 1. The van der Waals surface area contributed by atoms with Crippen LogP contribution in [-0.4, -0.2) is 16.5 Å². The number of nitrogens with zero attached hydrogens (tertiary/aromatic N) is 1. The summed E-state index contributed by atoms with van der Waals surface area (Å²) in [5, 5.41) is 5.30. The minimum Gasteiger partial charge on any atom is -0.478 e. The van der Waals surface area contributed by atoms with Gasteiger partial charge >= 0.3 is 0 Å². The van der Waals surface area contributed by atoms with Gasteiger partial charge in [0.05, 0.1) is 5.69 Å². The number of hydrogen-bond donors (Lipinski definition) is 1. The van der Waals surface area contributed by atoms with Gasteiger partial charge in [-0.1, -0.05) is 44.0 Å². The number of nitrogens with one attached hydrogen (secondary N) is 1. The smallest absolute Gasteiger partial charge is 0.269 e. The zero-order valence-electron chi connectivity index (χ0n) is 14.1. The normalized spacial score (nSPS) is 11.2. The summed E-state index contributed by atoms with van der Waals surface area (Å²) in [5.41, 5.74) is 0.789. The number of carbonyl (C=O) groups excluding carboxylic acids is 1. The Balaban J connectivity index is 1.69. The topological polar surface area (TPSA) is 51.2 Å². The predicted octanol–water partition coefficient (Wildman–Crippen LogP) is 6.13. The van der Waals surface area contributed by atoms with E-state index < -0.39 is 5.60 Å². The van der Waals surface area contributed by atoms with Crippen molar-refractivity contribution in [2.24, 2.45) is 0 Å². The Morgan fingerprint density at radius 3 is 2.23 bits per heavy atom. The molecule has 1 heterocycles. The number of anilines is 1. The molecule has 0 aliphatic carbocycles. The summed E-state index contributed by atoms with van der Waals surface area (Å²) >= 11 is 8.18. The Bertz CT molecular complexity index is 906. The Hall–Kier alpha value is -1.70. The third kappa shape index (κ3) is 4.72. The molecule has 4 nitrogen and oxygen atoms in total. The van der Waals surface area contributed by atoms with Crippen LogP contribution in [0.5, 0.6) is 5.75 Å². The molecule has 0 saturated carbocycles. The number of benzene rings is 2. The van der Waals surface area contributed by atoms with E-state index >= 15 is 0 Å². The molecule has 26 heavy (non-hydrogen) atoms. The van der Waals surface area contributed by atoms with E-state index in [9.17, 15) is 4.79 Å². The molecule has 0 radical (unpaired) electrons. The molecular formula is C19H16Br2N2O2S. The molecule has 1 N–H and O–H groups in total. The van der Waals surface area contributed by atoms with E-state index in [1.54, 1.807) is 13.8 Å². The highest BCUT2D eigenvalue weighted by Crippen LogP contribution is 2.27. The summed E-state index contributed by atoms with van der Waals surface area (Å²) in [6, 6.07) is 15.2. The molecule has 0 aliphatic heterocycles. The van der Waals surface area contributed by atoms with E-state index in [2.05, 4.69) is 42.2 Å². The van der Waals surface area contributed by atoms with Crippen LogP contribution in [0.4, 0.5) is 5.13 Å². The summed E-state index contributed by atoms with van der Waals surface area (Å²) in [7, 11) is 0. The van der Waals surface area contributed by atoms with Crippen LogP contribution in [0.25, 0.3) is 11.3 Å². The lowest BCUT2D eigenvalue weighted by Gasteiger charge is -2.24. The molecule has 134 valence electrons. The number of hydrogen-bond acceptors (Lipinski definition) is 4. The highest BCUT2D eigenvalue weighted by Gasteiger charge is 2.30. The summed E-state index contributed by atoms with van der Waals surface area (Å²) < 4.78 is 7.80. The quantitative estimate of drug-likeness (QED) is 0.463. The third-order valence-corrected chi connectivity index (χ3v) is 5.41. The van der Waals surface area contributed by atoms with Crippen LogP contribution in [0, 0.1) is 0 Å². The van der Waals surface area contributed by atoms with Crippen LogP contribution in [0.2, 0.25) is 0 Å². The molecule has 0 bridgehead atoms. The Kier molecular flexibility index (Phi) is 5.79. The first kappa shape index (κ1) is 19.1. The minimum atomic E-state index is -1.03. The van der Waals surface area contributed by atoms with Crippen molar-refractivity contribution >= 4 is 54.2 Å². The van der Waals surface area contributed by atoms with Gasteiger partial charge in [-0.25, -0.2) is 4.98 Å². The van der Waals surface area contributed by atoms with Crippen molar-refractivity contribution in [3.8, 4) is 17.0 Å². The lowest BCUT2D eigenvalue weighted by Crippen LogP contribution is -2.42. The molecular weight excluding hydrogens is 480 g/mol. The molecule has 2 aromatic carbocycles. The van der Waals surface area contributed by atoms with Crippen LogP contribution in [0.1, 0.15) is 13.8 Å². The van der Waals surface area contributed by atoms with Gasteiger partial charge in [0, 0.05) is 19.9 Å². The van der Waals surface area contributed by atoms with Gasteiger partial charge < -0.3 is 4.74 Å². The maximum atomic E-state index is 12.6. The van der Waals surface area contributed by atoms with Crippen molar-refractivity contribution in [2.45, 2.75) is 19.4 Å². The van der Waals surface area contributed by atoms with Crippen LogP contribution in [0.15, 0.2) is 62.9 Å². The Morgan fingerprint density at radius 1 is 1.04 bits per heavy atom. The van der Waals surface area contributed by atoms with E-state index in [4.69, 9.17) is 4.74 Å². The second-order valence-corrected chi connectivity index (χ2v) is 8.75. The van der Waals surface area contributed by atoms with Gasteiger partial charge in [0.15, 0.2) is 10.7 Å². The van der Waals surface area contributed by atoms with E-state index in [0.29, 0.717) is 10.9 Å². The van der Waals surface area contributed by atoms with Gasteiger partial charge in [-0.2, -0.15) is 0 Å². The van der Waals surface area contributed by atoms with E-state index in [0.717, 1.165) is 20.2 Å². The van der Waals surface area contributed by atoms with Crippen molar-refractivity contribution < 1.29 is 9.53 Å². The molecule has 0 fully saturated rings. The van der Waals surface area contributed by atoms with Gasteiger partial charge in [0.25, 0.3) is 5.91 Å². The van der Waals surface area contributed by atoms with Crippen LogP contribution >= 0.6 is 43.2 Å². The lowest BCUT2D eigenvalue weighted by molar-refractivity contribution is -0.128. The van der Waals surface area contributed by atoms with Gasteiger partial charge in [-0.05, 0) is 50.2 Å². The average molecular weight is 496 g/mol. The number of rotatable bonds is 5. The molecule has 1 amide bonds. The number of ether oxygens (including phenoxy) is 1. The molecule has 0 aliphatic rings. The minimum absolute atomic E-state index is 0.253. The maximum Gasteiger partial charge on any atom is 0.269 e. The maximum absolute atomic E-state index is 12.6. The van der Waals surface area contributed by atoms with Crippen molar-refractivity contribution in [1.82, 2.24) is 4.98 Å². The number of halogens is 2. The van der Waals surface area contributed by atoms with E-state index in [1.807, 2.05) is 53.9 Å². The molecule has 3 aromatic rings.